The number of aryl methyl sites for hydroxylation is 3. The Morgan fingerprint density at radius 1 is 1.04 bits per heavy atom. The molecule has 8 heteroatoms. The van der Waals surface area contributed by atoms with Gasteiger partial charge in [-0.05, 0) is 31.5 Å². The first-order chi connectivity index (χ1) is 13.1. The van der Waals surface area contributed by atoms with Gasteiger partial charge in [0.2, 0.25) is 0 Å². The maximum Gasteiger partial charge on any atom is 0.182 e. The summed E-state index contributed by atoms with van der Waals surface area (Å²) in [4.78, 5) is 9.14. The topological polar surface area (TPSA) is 78.7 Å². The van der Waals surface area contributed by atoms with Crippen molar-refractivity contribution in [3.05, 3.63) is 59.8 Å². The van der Waals surface area contributed by atoms with Gasteiger partial charge in [0.25, 0.3) is 0 Å². The van der Waals surface area contributed by atoms with E-state index in [9.17, 15) is 0 Å². The first-order valence-corrected chi connectivity index (χ1v) is 8.72. The number of rotatable bonds is 3. The largest absolute Gasteiger partial charge is 0.265 e. The van der Waals surface area contributed by atoms with Crippen LogP contribution in [-0.4, -0.2) is 39.1 Å². The molecule has 0 spiro atoms. The Kier molecular flexibility index (Phi) is 3.33. The van der Waals surface area contributed by atoms with Crippen LogP contribution in [0, 0.1) is 13.8 Å². The predicted molar refractivity (Wildman–Crippen MR) is 101 cm³/mol. The van der Waals surface area contributed by atoms with Crippen molar-refractivity contribution in [2.24, 2.45) is 7.05 Å². The third-order valence-corrected chi connectivity index (χ3v) is 4.69. The number of fused-ring (bicyclic) bond motifs is 3. The molecular formula is C19H18N8. The molecule has 1 aromatic carbocycles. The molecule has 0 fully saturated rings. The van der Waals surface area contributed by atoms with Crippen LogP contribution in [-0.2, 0) is 13.6 Å². The van der Waals surface area contributed by atoms with Crippen LogP contribution in [0.4, 0.5) is 0 Å². The minimum absolute atomic E-state index is 0.670. The molecule has 8 nitrogen and oxygen atoms in total. The lowest BCUT2D eigenvalue weighted by molar-refractivity contribution is 0.659. The molecule has 0 saturated heterocycles. The highest BCUT2D eigenvalue weighted by Crippen LogP contribution is 2.22. The Morgan fingerprint density at radius 3 is 2.74 bits per heavy atom. The Labute approximate surface area is 155 Å². The summed E-state index contributed by atoms with van der Waals surface area (Å²) in [5, 5.41) is 14.3. The molecule has 4 heterocycles. The average Bonchev–Trinajstić information content (AvgIpc) is 3.32. The van der Waals surface area contributed by atoms with Crippen LogP contribution < -0.4 is 0 Å². The first-order valence-electron chi connectivity index (χ1n) is 8.72. The molecule has 5 aromatic rings. The molecule has 0 amide bonds. The second-order valence-corrected chi connectivity index (χ2v) is 6.74. The van der Waals surface area contributed by atoms with Crippen LogP contribution in [0.1, 0.15) is 17.0 Å². The van der Waals surface area contributed by atoms with Gasteiger partial charge in [-0.25, -0.2) is 14.5 Å². The number of hydrogen-bond acceptors (Lipinski definition) is 5. The van der Waals surface area contributed by atoms with Crippen molar-refractivity contribution in [1.82, 2.24) is 39.1 Å². The van der Waals surface area contributed by atoms with E-state index in [0.717, 1.165) is 45.7 Å². The maximum atomic E-state index is 4.73. The molecule has 0 aliphatic heterocycles. The molecule has 134 valence electrons. The van der Waals surface area contributed by atoms with E-state index < -0.39 is 0 Å². The molecule has 0 radical (unpaired) electrons. The van der Waals surface area contributed by atoms with Crippen LogP contribution in [0.25, 0.3) is 28.1 Å². The summed E-state index contributed by atoms with van der Waals surface area (Å²) >= 11 is 0. The first kappa shape index (κ1) is 15.7. The predicted octanol–water partition coefficient (Wildman–Crippen LogP) is 2.54. The highest BCUT2D eigenvalue weighted by Gasteiger charge is 2.13. The highest BCUT2D eigenvalue weighted by molar-refractivity contribution is 5.89. The van der Waals surface area contributed by atoms with E-state index in [1.165, 1.54) is 0 Å². The second kappa shape index (κ2) is 5.73. The summed E-state index contributed by atoms with van der Waals surface area (Å²) in [6, 6.07) is 10.3. The second-order valence-electron chi connectivity index (χ2n) is 6.74. The van der Waals surface area contributed by atoms with E-state index in [1.807, 2.05) is 30.8 Å². The smallest absolute Gasteiger partial charge is 0.182 e. The number of benzene rings is 1. The van der Waals surface area contributed by atoms with Crippen molar-refractivity contribution in [2.75, 3.05) is 0 Å². The van der Waals surface area contributed by atoms with Crippen molar-refractivity contribution in [1.29, 1.82) is 0 Å². The summed E-state index contributed by atoms with van der Waals surface area (Å²) in [5.41, 5.74) is 5.84. The van der Waals surface area contributed by atoms with Crippen molar-refractivity contribution >= 4 is 16.7 Å². The molecule has 0 saturated carbocycles. The minimum atomic E-state index is 0.670. The lowest BCUT2D eigenvalue weighted by atomic mass is 10.1. The fraction of sp³-hybridized carbons (Fsp3) is 0.211. The quantitative estimate of drug-likeness (QED) is 0.495. The third kappa shape index (κ3) is 2.57. The van der Waals surface area contributed by atoms with Gasteiger partial charge in [-0.3, -0.25) is 9.36 Å². The van der Waals surface area contributed by atoms with Crippen molar-refractivity contribution in [3.63, 3.8) is 0 Å². The van der Waals surface area contributed by atoms with Crippen LogP contribution in [0.3, 0.4) is 0 Å². The molecule has 0 atom stereocenters. The zero-order valence-electron chi connectivity index (χ0n) is 15.3. The monoisotopic (exact) mass is 358 g/mol. The van der Waals surface area contributed by atoms with Gasteiger partial charge >= 0.3 is 0 Å². The molecule has 0 N–H and O–H groups in total. The number of hydrogen-bond donors (Lipinski definition) is 0. The van der Waals surface area contributed by atoms with Crippen LogP contribution in [0.2, 0.25) is 0 Å². The van der Waals surface area contributed by atoms with Gasteiger partial charge in [-0.1, -0.05) is 18.2 Å². The summed E-state index contributed by atoms with van der Waals surface area (Å²) < 4.78 is 5.44. The van der Waals surface area contributed by atoms with E-state index in [1.54, 1.807) is 21.7 Å². The Morgan fingerprint density at radius 2 is 1.93 bits per heavy atom. The van der Waals surface area contributed by atoms with Gasteiger partial charge in [0, 0.05) is 18.3 Å². The highest BCUT2D eigenvalue weighted by atomic mass is 15.3. The van der Waals surface area contributed by atoms with E-state index in [-0.39, 0.29) is 0 Å². The molecule has 0 aliphatic rings. The fourth-order valence-corrected chi connectivity index (χ4v) is 3.38. The molecule has 0 aliphatic carbocycles. The third-order valence-electron chi connectivity index (χ3n) is 4.69. The Hall–Kier alpha value is -3.55. The van der Waals surface area contributed by atoms with Gasteiger partial charge in [-0.15, -0.1) is 5.10 Å². The van der Waals surface area contributed by atoms with Crippen LogP contribution >= 0.6 is 0 Å². The van der Waals surface area contributed by atoms with E-state index in [4.69, 9.17) is 4.98 Å². The summed E-state index contributed by atoms with van der Waals surface area (Å²) in [5.74, 6) is 0.670. The molecule has 4 aromatic heterocycles. The Balaban J connectivity index is 1.56. The van der Waals surface area contributed by atoms with E-state index in [2.05, 4.69) is 45.4 Å². The van der Waals surface area contributed by atoms with E-state index >= 15 is 0 Å². The fourth-order valence-electron chi connectivity index (χ4n) is 3.38. The normalized spacial score (nSPS) is 11.7. The molecule has 0 bridgehead atoms. The van der Waals surface area contributed by atoms with Gasteiger partial charge in [0.05, 0.1) is 23.8 Å². The number of aromatic nitrogens is 8. The zero-order chi connectivity index (χ0) is 18.5. The van der Waals surface area contributed by atoms with Crippen LogP contribution in [0.15, 0.2) is 42.9 Å². The minimum Gasteiger partial charge on any atom is -0.265 e. The maximum absolute atomic E-state index is 4.73. The summed E-state index contributed by atoms with van der Waals surface area (Å²) in [7, 11) is 1.87. The SMILES string of the molecule is Cc1cc(C)n(Cc2cccc(-c3nc4c5cnn(C)c5ncn4n3)c2)n1. The molecule has 0 unspecified atom stereocenters. The van der Waals surface area contributed by atoms with Gasteiger partial charge in [0.15, 0.2) is 17.1 Å². The van der Waals surface area contributed by atoms with Gasteiger partial charge in [-0.2, -0.15) is 10.2 Å². The lowest BCUT2D eigenvalue weighted by Crippen LogP contribution is -2.04. The lowest BCUT2D eigenvalue weighted by Gasteiger charge is -2.05. The summed E-state index contributed by atoms with van der Waals surface area (Å²) in [6.07, 6.45) is 3.45. The van der Waals surface area contributed by atoms with Crippen molar-refractivity contribution in [2.45, 2.75) is 20.4 Å². The summed E-state index contributed by atoms with van der Waals surface area (Å²) in [6.45, 7) is 4.79. The van der Waals surface area contributed by atoms with Gasteiger partial charge < -0.3 is 0 Å². The van der Waals surface area contributed by atoms with Crippen LogP contribution in [0.5, 0.6) is 0 Å². The van der Waals surface area contributed by atoms with Gasteiger partial charge in [0.1, 0.15) is 6.33 Å². The molecule has 5 rings (SSSR count). The molecular weight excluding hydrogens is 340 g/mol. The van der Waals surface area contributed by atoms with Crippen molar-refractivity contribution in [3.8, 4) is 11.4 Å². The average molecular weight is 358 g/mol. The van der Waals surface area contributed by atoms with E-state index in [0.29, 0.717) is 5.82 Å². The Bertz CT molecular complexity index is 1290. The molecule has 27 heavy (non-hydrogen) atoms. The number of nitrogens with zero attached hydrogens (tertiary/aromatic N) is 8. The standard InChI is InChI=1S/C19H18N8/c1-12-7-13(2)26(23-12)10-14-5-4-6-15(8-14)17-22-19-16-9-21-25(3)18(16)20-11-27(19)24-17/h4-9,11H,10H2,1-3H3. The van der Waals surface area contributed by atoms with Crippen molar-refractivity contribution < 1.29 is 0 Å². The zero-order valence-corrected chi connectivity index (χ0v) is 15.3.